The van der Waals surface area contributed by atoms with Crippen LogP contribution in [0, 0.1) is 6.92 Å². The Hall–Kier alpha value is -1.98. The number of hydrogen-bond donors (Lipinski definition) is 2. The molecule has 1 aromatic carbocycles. The van der Waals surface area contributed by atoms with Crippen LogP contribution in [-0.4, -0.2) is 39.2 Å². The number of rotatable bonds is 6. The lowest BCUT2D eigenvalue weighted by atomic mass is 10.1. The summed E-state index contributed by atoms with van der Waals surface area (Å²) in [4.78, 5) is 11.0. The molecule has 1 atom stereocenters. The fraction of sp³-hybridized carbons (Fsp3) is 0.444. The van der Waals surface area contributed by atoms with Crippen molar-refractivity contribution in [2.24, 2.45) is 0 Å². The molecule has 2 aromatic rings. The Morgan fingerprint density at radius 3 is 2.87 bits per heavy atom. The molecule has 1 saturated heterocycles. The number of aliphatic hydroxyl groups is 1. The van der Waals surface area contributed by atoms with Crippen LogP contribution in [0.3, 0.4) is 0 Å². The van der Waals surface area contributed by atoms with Gasteiger partial charge in [0, 0.05) is 31.0 Å². The van der Waals surface area contributed by atoms with Crippen molar-refractivity contribution >= 4 is 5.95 Å². The Balaban J connectivity index is 1.68. The SMILES string of the molecule is Cc1ccnc(NCc2ccccc2CN2CCCC2CO)n1. The quantitative estimate of drug-likeness (QED) is 0.857. The highest BCUT2D eigenvalue weighted by Gasteiger charge is 2.24. The average molecular weight is 312 g/mol. The molecule has 2 heterocycles. The van der Waals surface area contributed by atoms with Crippen molar-refractivity contribution < 1.29 is 5.11 Å². The first-order chi connectivity index (χ1) is 11.3. The number of nitrogens with one attached hydrogen (secondary N) is 1. The third-order valence-electron chi connectivity index (χ3n) is 4.43. The molecule has 122 valence electrons. The first-order valence-electron chi connectivity index (χ1n) is 8.21. The molecule has 0 bridgehead atoms. The average Bonchev–Trinajstić information content (AvgIpc) is 3.01. The molecule has 5 nitrogen and oxygen atoms in total. The number of nitrogens with zero attached hydrogens (tertiary/aromatic N) is 3. The molecular formula is C18H24N4O. The maximum absolute atomic E-state index is 9.49. The molecule has 1 unspecified atom stereocenters. The molecule has 5 heteroatoms. The Morgan fingerprint density at radius 1 is 1.26 bits per heavy atom. The van der Waals surface area contributed by atoms with Crippen molar-refractivity contribution in [2.75, 3.05) is 18.5 Å². The smallest absolute Gasteiger partial charge is 0.223 e. The predicted molar refractivity (Wildman–Crippen MR) is 91.1 cm³/mol. The van der Waals surface area contributed by atoms with E-state index in [9.17, 15) is 5.11 Å². The van der Waals surface area contributed by atoms with Gasteiger partial charge in [0.2, 0.25) is 5.95 Å². The Morgan fingerprint density at radius 2 is 2.09 bits per heavy atom. The van der Waals surface area contributed by atoms with Crippen LogP contribution >= 0.6 is 0 Å². The van der Waals surface area contributed by atoms with Crippen LogP contribution in [0.25, 0.3) is 0 Å². The number of anilines is 1. The fourth-order valence-corrected chi connectivity index (χ4v) is 3.12. The molecule has 0 amide bonds. The van der Waals surface area contributed by atoms with Gasteiger partial charge in [-0.3, -0.25) is 4.90 Å². The molecule has 1 fully saturated rings. The van der Waals surface area contributed by atoms with Crippen LogP contribution in [0.2, 0.25) is 0 Å². The van der Waals surface area contributed by atoms with E-state index in [0.717, 1.165) is 25.2 Å². The van der Waals surface area contributed by atoms with Crippen LogP contribution < -0.4 is 5.32 Å². The Labute approximate surface area is 137 Å². The second kappa shape index (κ2) is 7.53. The lowest BCUT2D eigenvalue weighted by Gasteiger charge is -2.24. The molecule has 1 aliphatic rings. The van der Waals surface area contributed by atoms with Gasteiger partial charge in [0.25, 0.3) is 0 Å². The standard InChI is InChI=1S/C18H24N4O/c1-14-8-9-19-18(21-14)20-11-15-5-2-3-6-16(15)12-22-10-4-7-17(22)13-23/h2-3,5-6,8-9,17,23H,4,7,10-13H2,1H3,(H,19,20,21). The van der Waals surface area contributed by atoms with Crippen LogP contribution in [0.1, 0.15) is 29.7 Å². The Bertz CT molecular complexity index is 646. The summed E-state index contributed by atoms with van der Waals surface area (Å²) in [5.74, 6) is 0.661. The first kappa shape index (κ1) is 15.9. The van der Waals surface area contributed by atoms with Gasteiger partial charge in [0.1, 0.15) is 0 Å². The zero-order valence-corrected chi connectivity index (χ0v) is 13.6. The summed E-state index contributed by atoms with van der Waals surface area (Å²) < 4.78 is 0. The van der Waals surface area contributed by atoms with Crippen LogP contribution in [0.15, 0.2) is 36.5 Å². The molecule has 1 aliphatic heterocycles. The highest BCUT2D eigenvalue weighted by atomic mass is 16.3. The van der Waals surface area contributed by atoms with E-state index in [2.05, 4.69) is 44.5 Å². The number of benzene rings is 1. The molecule has 0 radical (unpaired) electrons. The fourth-order valence-electron chi connectivity index (χ4n) is 3.12. The predicted octanol–water partition coefficient (Wildman–Crippen LogP) is 2.35. The second-order valence-electron chi connectivity index (χ2n) is 6.09. The van der Waals surface area contributed by atoms with Crippen molar-refractivity contribution in [3.05, 3.63) is 53.3 Å². The van der Waals surface area contributed by atoms with E-state index in [1.54, 1.807) is 6.20 Å². The third-order valence-corrected chi connectivity index (χ3v) is 4.43. The van der Waals surface area contributed by atoms with Gasteiger partial charge in [-0.05, 0) is 43.5 Å². The van der Waals surface area contributed by atoms with Crippen molar-refractivity contribution in [1.29, 1.82) is 0 Å². The van der Waals surface area contributed by atoms with Crippen molar-refractivity contribution in [2.45, 2.75) is 38.9 Å². The monoisotopic (exact) mass is 312 g/mol. The highest BCUT2D eigenvalue weighted by molar-refractivity contribution is 5.33. The van der Waals surface area contributed by atoms with Gasteiger partial charge in [-0.25, -0.2) is 9.97 Å². The van der Waals surface area contributed by atoms with Crippen LogP contribution in [0.5, 0.6) is 0 Å². The third kappa shape index (κ3) is 4.06. The molecule has 23 heavy (non-hydrogen) atoms. The number of aliphatic hydroxyl groups excluding tert-OH is 1. The summed E-state index contributed by atoms with van der Waals surface area (Å²) in [5.41, 5.74) is 3.51. The van der Waals surface area contributed by atoms with Crippen molar-refractivity contribution in [3.8, 4) is 0 Å². The van der Waals surface area contributed by atoms with E-state index in [1.165, 1.54) is 17.5 Å². The maximum atomic E-state index is 9.49. The number of likely N-dealkylation sites (tertiary alicyclic amines) is 1. The summed E-state index contributed by atoms with van der Waals surface area (Å²) in [6, 6.07) is 10.6. The van der Waals surface area contributed by atoms with Gasteiger partial charge in [0.15, 0.2) is 0 Å². The first-order valence-corrected chi connectivity index (χ1v) is 8.21. The summed E-state index contributed by atoms with van der Waals surface area (Å²) in [5, 5.41) is 12.8. The van der Waals surface area contributed by atoms with Crippen molar-refractivity contribution in [3.63, 3.8) is 0 Å². The van der Waals surface area contributed by atoms with Gasteiger partial charge in [0.05, 0.1) is 6.61 Å². The minimum atomic E-state index is 0.248. The molecule has 0 saturated carbocycles. The van der Waals surface area contributed by atoms with Gasteiger partial charge in [-0.2, -0.15) is 0 Å². The Kier molecular flexibility index (Phi) is 5.20. The zero-order chi connectivity index (χ0) is 16.1. The number of hydrogen-bond acceptors (Lipinski definition) is 5. The highest BCUT2D eigenvalue weighted by Crippen LogP contribution is 2.21. The van der Waals surface area contributed by atoms with E-state index in [-0.39, 0.29) is 6.61 Å². The van der Waals surface area contributed by atoms with E-state index in [0.29, 0.717) is 18.5 Å². The van der Waals surface area contributed by atoms with Gasteiger partial charge < -0.3 is 10.4 Å². The van der Waals surface area contributed by atoms with Crippen molar-refractivity contribution in [1.82, 2.24) is 14.9 Å². The zero-order valence-electron chi connectivity index (χ0n) is 13.6. The molecule has 0 aliphatic carbocycles. The summed E-state index contributed by atoms with van der Waals surface area (Å²) in [6.07, 6.45) is 4.03. The van der Waals surface area contributed by atoms with E-state index in [1.807, 2.05) is 13.0 Å². The second-order valence-corrected chi connectivity index (χ2v) is 6.09. The van der Waals surface area contributed by atoms with Crippen LogP contribution in [-0.2, 0) is 13.1 Å². The summed E-state index contributed by atoms with van der Waals surface area (Å²) in [7, 11) is 0. The number of aromatic nitrogens is 2. The molecule has 2 N–H and O–H groups in total. The molecule has 0 spiro atoms. The van der Waals surface area contributed by atoms with Crippen LogP contribution in [0.4, 0.5) is 5.95 Å². The maximum Gasteiger partial charge on any atom is 0.223 e. The lowest BCUT2D eigenvalue weighted by molar-refractivity contribution is 0.153. The normalized spacial score (nSPS) is 18.3. The van der Waals surface area contributed by atoms with Gasteiger partial charge in [-0.1, -0.05) is 24.3 Å². The largest absolute Gasteiger partial charge is 0.395 e. The van der Waals surface area contributed by atoms with E-state index < -0.39 is 0 Å². The summed E-state index contributed by atoms with van der Waals surface area (Å²) in [6.45, 7) is 4.86. The van der Waals surface area contributed by atoms with E-state index in [4.69, 9.17) is 0 Å². The van der Waals surface area contributed by atoms with Gasteiger partial charge >= 0.3 is 0 Å². The lowest BCUT2D eigenvalue weighted by Crippen LogP contribution is -2.32. The minimum absolute atomic E-state index is 0.248. The summed E-state index contributed by atoms with van der Waals surface area (Å²) >= 11 is 0. The van der Waals surface area contributed by atoms with E-state index >= 15 is 0 Å². The van der Waals surface area contributed by atoms with Gasteiger partial charge in [-0.15, -0.1) is 0 Å². The molecular weight excluding hydrogens is 288 g/mol. The molecule has 3 rings (SSSR count). The molecule has 1 aromatic heterocycles. The topological polar surface area (TPSA) is 61.3 Å². The number of aryl methyl sites for hydroxylation is 1. The minimum Gasteiger partial charge on any atom is -0.395 e.